The molecule has 0 aliphatic rings. The molecular formula is C23H22ClN5O4S. The molecule has 0 radical (unpaired) electrons. The molecule has 2 aromatic heterocycles. The van der Waals surface area contributed by atoms with Crippen LogP contribution in [0.2, 0.25) is 5.02 Å². The average Bonchev–Trinajstić information content (AvgIpc) is 3.20. The number of hydrogen-bond donors (Lipinski definition) is 1. The Morgan fingerprint density at radius 1 is 1.06 bits per heavy atom. The summed E-state index contributed by atoms with van der Waals surface area (Å²) in [5.41, 5.74) is 1.16. The zero-order valence-electron chi connectivity index (χ0n) is 18.7. The largest absolute Gasteiger partial charge is 0.497 e. The third-order valence-electron chi connectivity index (χ3n) is 5.27. The normalized spacial score (nSPS) is 11.1. The number of amides is 1. The molecule has 0 unspecified atom stereocenters. The van der Waals surface area contributed by atoms with Gasteiger partial charge in [0, 0.05) is 24.8 Å². The van der Waals surface area contributed by atoms with Crippen LogP contribution in [0.5, 0.6) is 5.75 Å². The maximum Gasteiger partial charge on any atom is 0.332 e. The van der Waals surface area contributed by atoms with Crippen molar-refractivity contribution < 1.29 is 9.53 Å². The molecule has 9 nitrogen and oxygen atoms in total. The predicted octanol–water partition coefficient (Wildman–Crippen LogP) is 2.87. The number of anilines is 1. The molecule has 1 amide bonds. The Balaban J connectivity index is 1.66. The molecule has 176 valence electrons. The first kappa shape index (κ1) is 23.7. The second-order valence-electron chi connectivity index (χ2n) is 7.55. The summed E-state index contributed by atoms with van der Waals surface area (Å²) in [5, 5.41) is 3.88. The van der Waals surface area contributed by atoms with Gasteiger partial charge in [-0.1, -0.05) is 35.5 Å². The van der Waals surface area contributed by atoms with Gasteiger partial charge in [0.1, 0.15) is 5.75 Å². The SMILES string of the molecule is COc1ccc(NC(=O)CSc2nc3c(c(=O)n(C)c(=O)n3C)n2Cc2ccc(Cl)cc2)cc1. The number of thioether (sulfide) groups is 1. The van der Waals surface area contributed by atoms with E-state index in [0.717, 1.165) is 10.1 Å². The second-order valence-corrected chi connectivity index (χ2v) is 8.93. The molecule has 1 N–H and O–H groups in total. The number of imidazole rings is 1. The fourth-order valence-electron chi connectivity index (χ4n) is 3.46. The van der Waals surface area contributed by atoms with Gasteiger partial charge in [-0.05, 0) is 42.0 Å². The smallest absolute Gasteiger partial charge is 0.332 e. The standard InChI is InChI=1S/C23H22ClN5O4S/c1-27-20-19(21(31)28(2)23(27)32)29(12-14-4-6-15(24)7-5-14)22(26-20)34-13-18(30)25-16-8-10-17(33-3)11-9-16/h4-11H,12-13H2,1-3H3,(H,25,30). The molecule has 0 atom stereocenters. The van der Waals surface area contributed by atoms with E-state index in [1.54, 1.807) is 55.1 Å². The van der Waals surface area contributed by atoms with Crippen LogP contribution in [0.3, 0.4) is 0 Å². The molecular weight excluding hydrogens is 478 g/mol. The monoisotopic (exact) mass is 499 g/mol. The van der Waals surface area contributed by atoms with Crippen LogP contribution in [-0.2, 0) is 25.4 Å². The summed E-state index contributed by atoms with van der Waals surface area (Å²) in [6, 6.07) is 14.2. The zero-order chi connectivity index (χ0) is 24.4. The average molecular weight is 500 g/mol. The lowest BCUT2D eigenvalue weighted by atomic mass is 10.2. The van der Waals surface area contributed by atoms with Crippen LogP contribution >= 0.6 is 23.4 Å². The number of ether oxygens (including phenoxy) is 1. The van der Waals surface area contributed by atoms with Crippen molar-refractivity contribution in [2.75, 3.05) is 18.2 Å². The number of carbonyl (C=O) groups excluding carboxylic acids is 1. The van der Waals surface area contributed by atoms with Crippen molar-refractivity contribution in [3.8, 4) is 5.75 Å². The van der Waals surface area contributed by atoms with Crippen LogP contribution in [0, 0.1) is 0 Å². The molecule has 0 aliphatic carbocycles. The Morgan fingerprint density at radius 3 is 2.38 bits per heavy atom. The highest BCUT2D eigenvalue weighted by atomic mass is 35.5. The Hall–Kier alpha value is -3.50. The van der Waals surface area contributed by atoms with E-state index in [9.17, 15) is 14.4 Å². The summed E-state index contributed by atoms with van der Waals surface area (Å²) in [6.07, 6.45) is 0. The number of rotatable bonds is 7. The number of nitrogens with zero attached hydrogens (tertiary/aromatic N) is 4. The van der Waals surface area contributed by atoms with E-state index in [0.29, 0.717) is 28.2 Å². The molecule has 34 heavy (non-hydrogen) atoms. The first-order chi connectivity index (χ1) is 16.3. The number of aromatic nitrogens is 4. The first-order valence-electron chi connectivity index (χ1n) is 10.3. The van der Waals surface area contributed by atoms with Gasteiger partial charge in [-0.2, -0.15) is 0 Å². The van der Waals surface area contributed by atoms with Crippen molar-refractivity contribution >= 4 is 46.1 Å². The molecule has 2 aromatic carbocycles. The molecule has 0 bridgehead atoms. The zero-order valence-corrected chi connectivity index (χ0v) is 20.3. The Bertz CT molecular complexity index is 1470. The lowest BCUT2D eigenvalue weighted by Gasteiger charge is -2.10. The number of benzene rings is 2. The van der Waals surface area contributed by atoms with Crippen LogP contribution in [0.15, 0.2) is 63.3 Å². The number of carbonyl (C=O) groups is 1. The minimum Gasteiger partial charge on any atom is -0.497 e. The van der Waals surface area contributed by atoms with E-state index in [4.69, 9.17) is 16.3 Å². The Kier molecular flexibility index (Phi) is 6.80. The van der Waals surface area contributed by atoms with Crippen molar-refractivity contribution in [3.05, 3.63) is 80.0 Å². The van der Waals surface area contributed by atoms with Gasteiger partial charge >= 0.3 is 5.69 Å². The predicted molar refractivity (Wildman–Crippen MR) is 133 cm³/mol. The fourth-order valence-corrected chi connectivity index (χ4v) is 4.38. The van der Waals surface area contributed by atoms with Crippen LogP contribution in [0.25, 0.3) is 11.2 Å². The van der Waals surface area contributed by atoms with E-state index in [1.807, 2.05) is 12.1 Å². The molecule has 2 heterocycles. The highest BCUT2D eigenvalue weighted by molar-refractivity contribution is 7.99. The topological polar surface area (TPSA) is 100 Å². The number of nitrogens with one attached hydrogen (secondary N) is 1. The molecule has 4 aromatic rings. The van der Waals surface area contributed by atoms with Crippen LogP contribution in [0.4, 0.5) is 5.69 Å². The summed E-state index contributed by atoms with van der Waals surface area (Å²) < 4.78 is 9.23. The summed E-state index contributed by atoms with van der Waals surface area (Å²) in [5.74, 6) is 0.516. The van der Waals surface area contributed by atoms with E-state index in [1.165, 1.54) is 23.4 Å². The lowest BCUT2D eigenvalue weighted by molar-refractivity contribution is -0.113. The Labute approximate surface area is 203 Å². The van der Waals surface area contributed by atoms with Crippen LogP contribution < -0.4 is 21.3 Å². The van der Waals surface area contributed by atoms with Crippen molar-refractivity contribution in [2.24, 2.45) is 14.1 Å². The quantitative estimate of drug-likeness (QED) is 0.392. The molecule has 0 aliphatic heterocycles. The van der Waals surface area contributed by atoms with Crippen LogP contribution in [-0.4, -0.2) is 37.5 Å². The minimum absolute atomic E-state index is 0.0598. The lowest BCUT2D eigenvalue weighted by Crippen LogP contribution is -2.37. The highest BCUT2D eigenvalue weighted by Crippen LogP contribution is 2.24. The maximum atomic E-state index is 13.0. The maximum absolute atomic E-state index is 13.0. The van der Waals surface area contributed by atoms with Gasteiger partial charge in [0.2, 0.25) is 5.91 Å². The van der Waals surface area contributed by atoms with E-state index in [2.05, 4.69) is 10.3 Å². The highest BCUT2D eigenvalue weighted by Gasteiger charge is 2.20. The summed E-state index contributed by atoms with van der Waals surface area (Å²) >= 11 is 7.19. The van der Waals surface area contributed by atoms with Crippen molar-refractivity contribution in [1.29, 1.82) is 0 Å². The number of aryl methyl sites for hydroxylation is 1. The van der Waals surface area contributed by atoms with Crippen molar-refractivity contribution in [2.45, 2.75) is 11.7 Å². The van der Waals surface area contributed by atoms with Gasteiger partial charge in [-0.15, -0.1) is 0 Å². The molecule has 4 rings (SSSR count). The van der Waals surface area contributed by atoms with Gasteiger partial charge in [-0.25, -0.2) is 9.78 Å². The Morgan fingerprint density at radius 2 is 1.74 bits per heavy atom. The summed E-state index contributed by atoms with van der Waals surface area (Å²) in [7, 11) is 4.57. The molecule has 11 heteroatoms. The van der Waals surface area contributed by atoms with E-state index in [-0.39, 0.29) is 22.8 Å². The summed E-state index contributed by atoms with van der Waals surface area (Å²) in [6.45, 7) is 0.323. The van der Waals surface area contributed by atoms with Gasteiger partial charge < -0.3 is 14.6 Å². The van der Waals surface area contributed by atoms with Crippen molar-refractivity contribution in [3.63, 3.8) is 0 Å². The van der Waals surface area contributed by atoms with Crippen LogP contribution in [0.1, 0.15) is 5.56 Å². The van der Waals surface area contributed by atoms with Crippen molar-refractivity contribution in [1.82, 2.24) is 18.7 Å². The van der Waals surface area contributed by atoms with Gasteiger partial charge in [-0.3, -0.25) is 18.7 Å². The fraction of sp³-hybridized carbons (Fsp3) is 0.217. The van der Waals surface area contributed by atoms with Gasteiger partial charge in [0.25, 0.3) is 5.56 Å². The number of fused-ring (bicyclic) bond motifs is 1. The van der Waals surface area contributed by atoms with E-state index < -0.39 is 11.2 Å². The number of hydrogen-bond acceptors (Lipinski definition) is 6. The summed E-state index contributed by atoms with van der Waals surface area (Å²) in [4.78, 5) is 42.5. The van der Waals surface area contributed by atoms with E-state index >= 15 is 0 Å². The number of methoxy groups -OCH3 is 1. The number of halogens is 1. The first-order valence-corrected chi connectivity index (χ1v) is 11.6. The third-order valence-corrected chi connectivity index (χ3v) is 6.50. The third kappa shape index (κ3) is 4.73. The van der Waals surface area contributed by atoms with Gasteiger partial charge in [0.15, 0.2) is 16.3 Å². The minimum atomic E-state index is -0.470. The molecule has 0 saturated heterocycles. The molecule has 0 saturated carbocycles. The molecule has 0 spiro atoms. The second kappa shape index (κ2) is 9.78. The molecule has 0 fully saturated rings. The van der Waals surface area contributed by atoms with Gasteiger partial charge in [0.05, 0.1) is 19.4 Å².